The van der Waals surface area contributed by atoms with Crippen molar-refractivity contribution >= 4 is 64.4 Å². The molecule has 1 aromatic heterocycles. The number of nitrogens with one attached hydrogen (secondary N) is 5. The predicted molar refractivity (Wildman–Crippen MR) is 248 cm³/mol. The molecule has 384 valence electrons. The van der Waals surface area contributed by atoms with Crippen LogP contribution in [-0.2, 0) is 59.2 Å². The number of rotatable bonds is 34. The van der Waals surface area contributed by atoms with Gasteiger partial charge in [0.2, 0.25) is 29.5 Å². The molecular weight excluding hydrogens is 899 g/mol. The highest BCUT2D eigenvalue weighted by Crippen LogP contribution is 2.25. The smallest absolute Gasteiger partial charge is 0.306 e. The number of nitrogens with zero attached hydrogens (tertiary/aromatic N) is 2. The quantitative estimate of drug-likeness (QED) is 0.0401. The molecule has 3 heterocycles. The summed E-state index contributed by atoms with van der Waals surface area (Å²) in [6.07, 6.45) is 2.82. The van der Waals surface area contributed by atoms with Crippen molar-refractivity contribution in [1.82, 2.24) is 36.1 Å². The summed E-state index contributed by atoms with van der Waals surface area (Å²) in [6, 6.07) is -3.63. The lowest BCUT2D eigenvalue weighted by Crippen LogP contribution is -2.45. The number of likely N-dealkylation sites (tertiary alicyclic amines) is 1. The number of carboxylic acids is 1. The first-order valence-corrected chi connectivity index (χ1v) is 24.1. The van der Waals surface area contributed by atoms with E-state index < -0.39 is 114 Å². The van der Waals surface area contributed by atoms with Crippen molar-refractivity contribution in [1.29, 1.82) is 0 Å². The van der Waals surface area contributed by atoms with Crippen molar-refractivity contribution in [3.05, 3.63) is 18.2 Å². The molecule has 2 aliphatic rings. The molecule has 0 unspecified atom stereocenters. The number of H-pyrrole nitrogens is 1. The molecule has 0 aliphatic carbocycles. The van der Waals surface area contributed by atoms with E-state index >= 15 is 0 Å². The van der Waals surface area contributed by atoms with Crippen molar-refractivity contribution in [2.75, 3.05) is 26.2 Å². The molecule has 2 fully saturated rings. The number of aliphatic carboxylic acids is 1. The van der Waals surface area contributed by atoms with E-state index in [1.807, 2.05) is 13.8 Å². The number of ketones is 5. The van der Waals surface area contributed by atoms with E-state index in [0.29, 0.717) is 50.9 Å². The fraction of sp³-hybridized carbons (Fsp3) is 0.702. The molecule has 2 saturated heterocycles. The molecule has 5 amide bonds. The summed E-state index contributed by atoms with van der Waals surface area (Å²) in [4.78, 5) is 151. The lowest BCUT2D eigenvalue weighted by Gasteiger charge is -2.25. The molecule has 0 aromatic carbocycles. The fourth-order valence-electron chi connectivity index (χ4n) is 8.70. The second-order valence-electron chi connectivity index (χ2n) is 18.8. The van der Waals surface area contributed by atoms with Gasteiger partial charge in [-0.3, -0.25) is 52.7 Å². The second-order valence-corrected chi connectivity index (χ2v) is 18.8. The number of nitrogens with two attached hydrogens (primary N) is 2. The third-order valence-electron chi connectivity index (χ3n) is 12.6. The first kappa shape index (κ1) is 57.6. The monoisotopic (exact) mass is 972 g/mol. The minimum absolute atomic E-state index is 0.0210. The van der Waals surface area contributed by atoms with Gasteiger partial charge in [0.05, 0.1) is 55.0 Å². The van der Waals surface area contributed by atoms with Crippen molar-refractivity contribution in [2.45, 2.75) is 160 Å². The zero-order valence-electron chi connectivity index (χ0n) is 40.1. The number of aliphatic hydroxyl groups excluding tert-OH is 1. The Morgan fingerprint density at radius 2 is 1.58 bits per heavy atom. The lowest BCUT2D eigenvalue weighted by molar-refractivity contribution is -0.145. The van der Waals surface area contributed by atoms with Gasteiger partial charge in [-0.2, -0.15) is 0 Å². The molecule has 2 aliphatic heterocycles. The number of carbonyl (C=O) groups is 11. The van der Waals surface area contributed by atoms with E-state index in [9.17, 15) is 63.0 Å². The van der Waals surface area contributed by atoms with Gasteiger partial charge in [-0.05, 0) is 64.3 Å². The van der Waals surface area contributed by atoms with Gasteiger partial charge in [-0.15, -0.1) is 0 Å². The van der Waals surface area contributed by atoms with Gasteiger partial charge >= 0.3 is 5.97 Å². The number of Topliss-reactive ketones (excluding diaryl/α,β-unsaturated/α-hetero) is 5. The number of primary amides is 1. The molecule has 22 nitrogen and oxygen atoms in total. The van der Waals surface area contributed by atoms with E-state index in [2.05, 4.69) is 31.2 Å². The summed E-state index contributed by atoms with van der Waals surface area (Å²) in [5.74, 6) is -9.22. The Morgan fingerprint density at radius 1 is 0.841 bits per heavy atom. The van der Waals surface area contributed by atoms with Crippen LogP contribution in [0.4, 0.5) is 0 Å². The summed E-state index contributed by atoms with van der Waals surface area (Å²) in [7, 11) is 0. The van der Waals surface area contributed by atoms with E-state index in [1.54, 1.807) is 0 Å². The van der Waals surface area contributed by atoms with Gasteiger partial charge in [0, 0.05) is 88.7 Å². The van der Waals surface area contributed by atoms with Crippen molar-refractivity contribution < 1.29 is 63.0 Å². The van der Waals surface area contributed by atoms with Crippen LogP contribution in [0, 0.1) is 23.7 Å². The lowest BCUT2D eigenvalue weighted by atomic mass is 9.90. The van der Waals surface area contributed by atoms with Crippen LogP contribution in [0.15, 0.2) is 12.5 Å². The maximum Gasteiger partial charge on any atom is 0.306 e. The highest BCUT2D eigenvalue weighted by molar-refractivity contribution is 5.97. The Morgan fingerprint density at radius 3 is 2.20 bits per heavy atom. The van der Waals surface area contributed by atoms with Gasteiger partial charge in [-0.25, -0.2) is 4.98 Å². The number of hydrogen-bond acceptors (Lipinski definition) is 15. The molecule has 1 aromatic rings. The summed E-state index contributed by atoms with van der Waals surface area (Å²) < 4.78 is 0. The summed E-state index contributed by atoms with van der Waals surface area (Å²) in [5, 5.41) is 30.0. The Hall–Kier alpha value is -5.74. The maximum absolute atomic E-state index is 13.7. The number of aromatic amines is 1. The van der Waals surface area contributed by atoms with Gasteiger partial charge in [-0.1, -0.05) is 20.3 Å². The zero-order valence-corrected chi connectivity index (χ0v) is 40.1. The Kier molecular flexibility index (Phi) is 24.5. The molecule has 0 radical (unpaired) electrons. The number of aromatic nitrogens is 2. The Bertz CT molecular complexity index is 1960. The largest absolute Gasteiger partial charge is 0.481 e. The van der Waals surface area contributed by atoms with E-state index in [-0.39, 0.29) is 94.7 Å². The highest BCUT2D eigenvalue weighted by Gasteiger charge is 2.37. The standard InChI is InChI=1S/C47H73N9O13/c1-27(2)17-30(46(67)54-28(3)38(59)11-14-44(65)56-16-6-8-37(56)41(62)20-29(47(68)69)7-4-5-15-48)19-33(57)25-52-45(66)31(18-32-23-50-26-53-32)21-40(61)35(9-12-42(49)63)55-43(64)13-10-39(60)36-22-34(58)24-51-36/h23,26-31,34-37,51,58H,4-22,24-25,48H2,1-3H3,(H2,49,63)(H,50,53)(H,52,66)(H,54,67)(H,55,64)(H,68,69)/t28-,29+,30+,31+,34+,35-,36-,37-/m0/s1. The fourth-order valence-corrected chi connectivity index (χ4v) is 8.70. The first-order chi connectivity index (χ1) is 32.7. The Balaban J connectivity index is 1.57. The van der Waals surface area contributed by atoms with Crippen LogP contribution in [0.1, 0.15) is 129 Å². The third-order valence-corrected chi connectivity index (χ3v) is 12.6. The summed E-state index contributed by atoms with van der Waals surface area (Å²) >= 11 is 0. The molecule has 3 rings (SSSR count). The molecule has 22 heteroatoms. The van der Waals surface area contributed by atoms with Crippen LogP contribution in [-0.4, -0.2) is 146 Å². The van der Waals surface area contributed by atoms with Crippen LogP contribution in [0.5, 0.6) is 0 Å². The van der Waals surface area contributed by atoms with E-state index in [4.69, 9.17) is 11.5 Å². The summed E-state index contributed by atoms with van der Waals surface area (Å²) in [6.45, 7) is 5.63. The predicted octanol–water partition coefficient (Wildman–Crippen LogP) is -0.278. The number of β-amino-alcohol motifs (C(OH)–C–C–N with tert-alkyl or cyclic N) is 1. The van der Waals surface area contributed by atoms with Crippen LogP contribution < -0.4 is 32.7 Å². The second kappa shape index (κ2) is 29.3. The number of imidazole rings is 1. The third kappa shape index (κ3) is 20.4. The van der Waals surface area contributed by atoms with Crippen LogP contribution >= 0.6 is 0 Å². The molecular formula is C47H73N9O13. The number of unbranched alkanes of at least 4 members (excludes halogenated alkanes) is 1. The minimum atomic E-state index is -1.23. The van der Waals surface area contributed by atoms with E-state index in [1.165, 1.54) is 24.3 Å². The molecule has 8 atom stereocenters. The number of aliphatic hydroxyl groups is 1. The zero-order chi connectivity index (χ0) is 51.2. The minimum Gasteiger partial charge on any atom is -0.481 e. The molecule has 0 spiro atoms. The van der Waals surface area contributed by atoms with E-state index in [0.717, 1.165) is 0 Å². The van der Waals surface area contributed by atoms with Crippen molar-refractivity contribution in [3.63, 3.8) is 0 Å². The highest BCUT2D eigenvalue weighted by atomic mass is 16.4. The maximum atomic E-state index is 13.7. The number of carboxylic acid groups (broad SMARTS) is 1. The van der Waals surface area contributed by atoms with Crippen LogP contribution in [0.25, 0.3) is 0 Å². The normalized spacial score (nSPS) is 18.9. The van der Waals surface area contributed by atoms with Crippen molar-refractivity contribution in [2.24, 2.45) is 35.1 Å². The topological polar surface area (TPSA) is 360 Å². The van der Waals surface area contributed by atoms with Gasteiger partial charge < -0.3 is 52.8 Å². The summed E-state index contributed by atoms with van der Waals surface area (Å²) in [5.41, 5.74) is 11.3. The first-order valence-electron chi connectivity index (χ1n) is 24.1. The molecule has 0 bridgehead atoms. The van der Waals surface area contributed by atoms with Crippen molar-refractivity contribution in [3.8, 4) is 0 Å². The molecule has 11 N–H and O–H groups in total. The van der Waals surface area contributed by atoms with Gasteiger partial charge in [0.1, 0.15) is 5.78 Å². The Labute approximate surface area is 402 Å². The number of amides is 5. The van der Waals surface area contributed by atoms with Gasteiger partial charge in [0.25, 0.3) is 0 Å². The van der Waals surface area contributed by atoms with Gasteiger partial charge in [0.15, 0.2) is 23.1 Å². The number of carbonyl (C=O) groups excluding carboxylic acids is 10. The average molecular weight is 972 g/mol. The molecule has 69 heavy (non-hydrogen) atoms. The molecule has 0 saturated carbocycles. The SMILES string of the molecule is CC(C)C[C@H](CC(=O)CNC(=O)[C@@H](CC(=O)[C@H](CCC(N)=O)NC(=O)CCC(=O)[C@@H]1C[C@@H](O)CN1)Cc1cnc[nH]1)C(=O)N[C@@H](C)C(=O)CCC(=O)N1CCC[C@H]1C(=O)C[C@@H](CCCCN)C(=O)O. The van der Waals surface area contributed by atoms with Crippen LogP contribution in [0.3, 0.4) is 0 Å². The average Bonchev–Trinajstić information content (AvgIpc) is 4.10. The number of hydrogen-bond donors (Lipinski definition) is 9. The van der Waals surface area contributed by atoms with Crippen LogP contribution in [0.2, 0.25) is 0 Å².